The van der Waals surface area contributed by atoms with Crippen molar-refractivity contribution in [2.24, 2.45) is 0 Å². The Kier molecular flexibility index (Phi) is 6.56. The minimum Gasteiger partial charge on any atom is -0.309 e. The van der Waals surface area contributed by atoms with E-state index >= 15 is 0 Å². The van der Waals surface area contributed by atoms with Gasteiger partial charge >= 0.3 is 0 Å². The number of nitriles is 3. The van der Waals surface area contributed by atoms with Crippen molar-refractivity contribution in [2.45, 2.75) is 0 Å². The van der Waals surface area contributed by atoms with Gasteiger partial charge in [-0.3, -0.25) is 0 Å². The van der Waals surface area contributed by atoms with Crippen LogP contribution in [0.3, 0.4) is 0 Å². The molecule has 9 rings (SSSR count). The highest BCUT2D eigenvalue weighted by atomic mass is 15.0. The molecule has 50 heavy (non-hydrogen) atoms. The summed E-state index contributed by atoms with van der Waals surface area (Å²) in [6.45, 7) is 0. The van der Waals surface area contributed by atoms with Crippen molar-refractivity contribution >= 4 is 43.6 Å². The van der Waals surface area contributed by atoms with E-state index in [4.69, 9.17) is 0 Å². The molecule has 5 heteroatoms. The molecule has 0 saturated carbocycles. The van der Waals surface area contributed by atoms with E-state index in [1.54, 1.807) is 0 Å². The first kappa shape index (κ1) is 28.8. The minimum absolute atomic E-state index is 0.502. The molecule has 0 saturated heterocycles. The Hall–Kier alpha value is -7.39. The predicted molar refractivity (Wildman–Crippen MR) is 200 cm³/mol. The van der Waals surface area contributed by atoms with Crippen LogP contribution < -0.4 is 0 Å². The molecule has 0 aliphatic rings. The molecule has 0 aliphatic carbocycles. The Balaban J connectivity index is 1.33. The molecule has 5 nitrogen and oxygen atoms in total. The summed E-state index contributed by atoms with van der Waals surface area (Å²) in [6.07, 6.45) is 0. The lowest BCUT2D eigenvalue weighted by molar-refractivity contribution is 1.17. The lowest BCUT2D eigenvalue weighted by Gasteiger charge is -2.19. The van der Waals surface area contributed by atoms with Crippen LogP contribution in [0.1, 0.15) is 16.7 Å². The van der Waals surface area contributed by atoms with Gasteiger partial charge in [-0.1, -0.05) is 91.0 Å². The Labute approximate surface area is 287 Å². The number of hydrogen-bond acceptors (Lipinski definition) is 3. The van der Waals surface area contributed by atoms with Crippen molar-refractivity contribution in [1.29, 1.82) is 15.8 Å². The minimum atomic E-state index is 0.502. The Morgan fingerprint density at radius 2 is 0.940 bits per heavy atom. The first-order chi connectivity index (χ1) is 24.7. The maximum atomic E-state index is 10.5. The fraction of sp³-hybridized carbons (Fsp3) is 0. The monoisotopic (exact) mass is 635 g/mol. The van der Waals surface area contributed by atoms with Gasteiger partial charge in [-0.2, -0.15) is 15.8 Å². The molecule has 0 radical (unpaired) electrons. The highest BCUT2D eigenvalue weighted by Gasteiger charge is 2.21. The van der Waals surface area contributed by atoms with Crippen LogP contribution in [0.5, 0.6) is 0 Å². The zero-order chi connectivity index (χ0) is 33.8. The summed E-state index contributed by atoms with van der Waals surface area (Å²) in [5, 5.41) is 34.9. The van der Waals surface area contributed by atoms with Gasteiger partial charge in [0.05, 0.1) is 62.3 Å². The number of fused-ring (bicyclic) bond motifs is 6. The number of rotatable bonds is 4. The number of hydrogen-bond donors (Lipinski definition) is 0. The number of benzene rings is 7. The Bertz CT molecular complexity index is 2920. The van der Waals surface area contributed by atoms with Crippen molar-refractivity contribution in [3.63, 3.8) is 0 Å². The fourth-order valence-electron chi connectivity index (χ4n) is 7.53. The Morgan fingerprint density at radius 1 is 0.380 bits per heavy atom. The molecule has 0 spiro atoms. The van der Waals surface area contributed by atoms with Crippen LogP contribution in [0.25, 0.3) is 77.2 Å². The molecule has 2 aromatic heterocycles. The van der Waals surface area contributed by atoms with Crippen molar-refractivity contribution in [3.8, 4) is 51.8 Å². The average molecular weight is 636 g/mol. The molecule has 0 bridgehead atoms. The molecule has 9 aromatic rings. The number of aromatic nitrogens is 2. The number of para-hydroxylation sites is 4. The zero-order valence-corrected chi connectivity index (χ0v) is 26.7. The topological polar surface area (TPSA) is 81.2 Å². The van der Waals surface area contributed by atoms with E-state index in [1.807, 2.05) is 78.9 Å². The SMILES string of the molecule is N#Cc1ccc2c(c1)c1ccccc1n2-c1cc(-c2c(C#N)cccc2-c2ccccc2-n2c3ccccc3c3ccccc32)ccc1C#N. The summed E-state index contributed by atoms with van der Waals surface area (Å²) in [5.41, 5.74) is 10.9. The second-order valence-corrected chi connectivity index (χ2v) is 12.3. The third-order valence-electron chi connectivity index (χ3n) is 9.65. The molecule has 0 unspecified atom stereocenters. The second kappa shape index (κ2) is 11.4. The van der Waals surface area contributed by atoms with Gasteiger partial charge in [0.2, 0.25) is 0 Å². The summed E-state index contributed by atoms with van der Waals surface area (Å²) in [5.74, 6) is 0. The van der Waals surface area contributed by atoms with Gasteiger partial charge in [-0.15, -0.1) is 0 Å². The summed E-state index contributed by atoms with van der Waals surface area (Å²) < 4.78 is 4.40. The summed E-state index contributed by atoms with van der Waals surface area (Å²) in [7, 11) is 0. The van der Waals surface area contributed by atoms with Crippen molar-refractivity contribution < 1.29 is 0 Å². The molecule has 0 aliphatic heterocycles. The smallest absolute Gasteiger partial charge is 0.101 e. The van der Waals surface area contributed by atoms with Gasteiger partial charge in [0.25, 0.3) is 0 Å². The van der Waals surface area contributed by atoms with E-state index in [1.165, 1.54) is 10.8 Å². The zero-order valence-electron chi connectivity index (χ0n) is 26.7. The largest absolute Gasteiger partial charge is 0.309 e. The van der Waals surface area contributed by atoms with E-state index in [0.29, 0.717) is 22.4 Å². The van der Waals surface area contributed by atoms with Gasteiger partial charge in [0, 0.05) is 32.7 Å². The standard InChI is InChI=1S/C45H25N5/c46-26-29-20-23-43-38(24-29)36-14-4-8-19-42(36)50(43)44-25-30(21-22-31(44)27-47)45-32(28-48)10-9-15-37(45)35-13-3-7-18-41(35)49-39-16-5-1-11-33(39)34-12-2-6-17-40(34)49/h1-25H. The quantitative estimate of drug-likeness (QED) is 0.193. The summed E-state index contributed by atoms with van der Waals surface area (Å²) >= 11 is 0. The van der Waals surface area contributed by atoms with E-state index in [0.717, 1.165) is 60.8 Å². The van der Waals surface area contributed by atoms with Crippen LogP contribution in [0.15, 0.2) is 152 Å². The first-order valence-corrected chi connectivity index (χ1v) is 16.3. The molecule has 0 fully saturated rings. The van der Waals surface area contributed by atoms with Crippen LogP contribution in [0.4, 0.5) is 0 Å². The van der Waals surface area contributed by atoms with E-state index in [9.17, 15) is 15.8 Å². The normalized spacial score (nSPS) is 11.1. The molecule has 0 N–H and O–H groups in total. The Morgan fingerprint density at radius 3 is 1.60 bits per heavy atom. The van der Waals surface area contributed by atoms with E-state index < -0.39 is 0 Å². The van der Waals surface area contributed by atoms with E-state index in [-0.39, 0.29) is 0 Å². The van der Waals surface area contributed by atoms with Gasteiger partial charge in [0.15, 0.2) is 0 Å². The van der Waals surface area contributed by atoms with Crippen LogP contribution in [0, 0.1) is 34.0 Å². The first-order valence-electron chi connectivity index (χ1n) is 16.3. The van der Waals surface area contributed by atoms with Crippen molar-refractivity contribution in [2.75, 3.05) is 0 Å². The highest BCUT2D eigenvalue weighted by Crippen LogP contribution is 2.42. The highest BCUT2D eigenvalue weighted by molar-refractivity contribution is 6.11. The number of nitrogens with zero attached hydrogens (tertiary/aromatic N) is 5. The van der Waals surface area contributed by atoms with Crippen LogP contribution in [0.2, 0.25) is 0 Å². The van der Waals surface area contributed by atoms with E-state index in [2.05, 4.69) is 100 Å². The van der Waals surface area contributed by atoms with Crippen LogP contribution in [-0.4, -0.2) is 9.13 Å². The molecule has 230 valence electrons. The predicted octanol–water partition coefficient (Wildman–Crippen LogP) is 10.8. The van der Waals surface area contributed by atoms with Crippen LogP contribution >= 0.6 is 0 Å². The lowest BCUT2D eigenvalue weighted by Crippen LogP contribution is -2.01. The summed E-state index contributed by atoms with van der Waals surface area (Å²) in [4.78, 5) is 0. The third-order valence-corrected chi connectivity index (χ3v) is 9.65. The van der Waals surface area contributed by atoms with Gasteiger partial charge < -0.3 is 9.13 Å². The van der Waals surface area contributed by atoms with Crippen molar-refractivity contribution in [3.05, 3.63) is 168 Å². The van der Waals surface area contributed by atoms with Gasteiger partial charge in [-0.05, 0) is 71.8 Å². The molecule has 0 amide bonds. The third kappa shape index (κ3) is 4.24. The fourth-order valence-corrected chi connectivity index (χ4v) is 7.53. The maximum Gasteiger partial charge on any atom is 0.101 e. The lowest BCUT2D eigenvalue weighted by atomic mass is 9.89. The molecule has 0 atom stereocenters. The average Bonchev–Trinajstić information content (AvgIpc) is 3.69. The molecular weight excluding hydrogens is 611 g/mol. The maximum absolute atomic E-state index is 10.5. The summed E-state index contributed by atoms with van der Waals surface area (Å²) in [6, 6.07) is 57.7. The van der Waals surface area contributed by atoms with Gasteiger partial charge in [-0.25, -0.2) is 0 Å². The second-order valence-electron chi connectivity index (χ2n) is 12.3. The molecule has 2 heterocycles. The van der Waals surface area contributed by atoms with Crippen molar-refractivity contribution in [1.82, 2.24) is 9.13 Å². The molecule has 7 aromatic carbocycles. The van der Waals surface area contributed by atoms with Gasteiger partial charge in [0.1, 0.15) is 6.07 Å². The van der Waals surface area contributed by atoms with Crippen LogP contribution in [-0.2, 0) is 0 Å². The molecular formula is C45H25N5.